The van der Waals surface area contributed by atoms with Crippen molar-refractivity contribution in [3.8, 4) is 0 Å². The Labute approximate surface area is 156 Å². The normalized spacial score (nSPS) is 24.4. The summed E-state index contributed by atoms with van der Waals surface area (Å²) in [7, 11) is 1.88. The number of hydrogen-bond donors (Lipinski definition) is 2. The fraction of sp³-hybridized carbons (Fsp3) is 0.619. The van der Waals surface area contributed by atoms with Crippen molar-refractivity contribution in [1.29, 1.82) is 0 Å². The summed E-state index contributed by atoms with van der Waals surface area (Å²) >= 11 is 0. The van der Waals surface area contributed by atoms with E-state index in [0.717, 1.165) is 49.8 Å². The first-order valence-corrected chi connectivity index (χ1v) is 9.86. The fourth-order valence-electron chi connectivity index (χ4n) is 4.08. The number of rotatable bonds is 5. The molecule has 1 aromatic rings. The Kier molecular flexibility index (Phi) is 5.97. The SMILES string of the molecule is Cc1ccccc1NC(=O)C1CCC([C@H](N)C(=O)N(C)C2CCC2)CC1. The standard InChI is InChI=1S/C21H31N3O2/c1-14-6-3-4-9-18(14)23-20(25)16-12-10-15(11-13-16)19(22)21(26)24(2)17-7-5-8-17/h3-4,6,9,15-17,19H,5,7-8,10-13,22H2,1-2H3,(H,23,25)/t15?,16?,19-/m0/s1. The van der Waals surface area contributed by atoms with Crippen LogP contribution in [0.25, 0.3) is 0 Å². The van der Waals surface area contributed by atoms with Crippen LogP contribution in [0.1, 0.15) is 50.5 Å². The predicted molar refractivity (Wildman–Crippen MR) is 104 cm³/mol. The van der Waals surface area contributed by atoms with E-state index in [4.69, 9.17) is 5.73 Å². The van der Waals surface area contributed by atoms with Gasteiger partial charge in [-0.25, -0.2) is 0 Å². The van der Waals surface area contributed by atoms with Gasteiger partial charge >= 0.3 is 0 Å². The molecule has 2 amide bonds. The highest BCUT2D eigenvalue weighted by Gasteiger charge is 2.35. The average Bonchev–Trinajstić information content (AvgIpc) is 2.61. The van der Waals surface area contributed by atoms with E-state index in [1.54, 1.807) is 0 Å². The zero-order valence-corrected chi connectivity index (χ0v) is 15.9. The molecule has 0 unspecified atom stereocenters. The van der Waals surface area contributed by atoms with E-state index < -0.39 is 6.04 Å². The smallest absolute Gasteiger partial charge is 0.239 e. The molecule has 0 heterocycles. The van der Waals surface area contributed by atoms with Gasteiger partial charge in [-0.15, -0.1) is 0 Å². The Morgan fingerprint density at radius 3 is 2.35 bits per heavy atom. The van der Waals surface area contributed by atoms with Crippen LogP contribution in [-0.2, 0) is 9.59 Å². The van der Waals surface area contributed by atoms with Gasteiger partial charge in [0.2, 0.25) is 11.8 Å². The number of carbonyl (C=O) groups excluding carboxylic acids is 2. The summed E-state index contributed by atoms with van der Waals surface area (Å²) in [5.41, 5.74) is 8.24. The predicted octanol–water partition coefficient (Wildman–Crippen LogP) is 3.08. The van der Waals surface area contributed by atoms with E-state index in [1.165, 1.54) is 6.42 Å². The molecule has 0 aliphatic heterocycles. The van der Waals surface area contributed by atoms with Crippen molar-refractivity contribution in [3.63, 3.8) is 0 Å². The van der Waals surface area contributed by atoms with Gasteiger partial charge < -0.3 is 16.0 Å². The van der Waals surface area contributed by atoms with Crippen molar-refractivity contribution >= 4 is 17.5 Å². The number of nitrogens with two attached hydrogens (primary N) is 1. The number of likely N-dealkylation sites (N-methyl/N-ethyl adjacent to an activating group) is 1. The second-order valence-corrected chi connectivity index (χ2v) is 7.98. The fourth-order valence-corrected chi connectivity index (χ4v) is 4.08. The molecule has 0 spiro atoms. The van der Waals surface area contributed by atoms with Crippen LogP contribution in [0.3, 0.4) is 0 Å². The molecule has 0 bridgehead atoms. The number of aryl methyl sites for hydroxylation is 1. The molecule has 0 aromatic heterocycles. The molecule has 2 aliphatic carbocycles. The molecule has 3 N–H and O–H groups in total. The minimum atomic E-state index is -0.430. The first-order valence-electron chi connectivity index (χ1n) is 9.86. The quantitative estimate of drug-likeness (QED) is 0.850. The Morgan fingerprint density at radius 1 is 1.12 bits per heavy atom. The van der Waals surface area contributed by atoms with Gasteiger partial charge in [-0.3, -0.25) is 9.59 Å². The molecule has 1 aromatic carbocycles. The minimum absolute atomic E-state index is 0.0116. The van der Waals surface area contributed by atoms with Crippen molar-refractivity contribution in [3.05, 3.63) is 29.8 Å². The monoisotopic (exact) mass is 357 g/mol. The summed E-state index contributed by atoms with van der Waals surface area (Å²) in [6.45, 7) is 2.00. The third kappa shape index (κ3) is 4.09. The van der Waals surface area contributed by atoms with E-state index in [-0.39, 0.29) is 23.7 Å². The highest BCUT2D eigenvalue weighted by Crippen LogP contribution is 2.33. The van der Waals surface area contributed by atoms with Crippen LogP contribution in [0.4, 0.5) is 5.69 Å². The lowest BCUT2D eigenvalue weighted by Gasteiger charge is -2.38. The molecule has 3 rings (SSSR count). The van der Waals surface area contributed by atoms with Gasteiger partial charge in [-0.1, -0.05) is 18.2 Å². The largest absolute Gasteiger partial charge is 0.341 e. The van der Waals surface area contributed by atoms with Gasteiger partial charge in [-0.05, 0) is 69.4 Å². The summed E-state index contributed by atoms with van der Waals surface area (Å²) in [5.74, 6) is 0.358. The molecule has 5 heteroatoms. The zero-order valence-electron chi connectivity index (χ0n) is 15.9. The summed E-state index contributed by atoms with van der Waals surface area (Å²) in [5, 5.41) is 3.05. The van der Waals surface area contributed by atoms with E-state index >= 15 is 0 Å². The maximum absolute atomic E-state index is 12.6. The molecule has 2 fully saturated rings. The van der Waals surface area contributed by atoms with Crippen molar-refractivity contribution in [1.82, 2.24) is 4.90 Å². The van der Waals surface area contributed by atoms with Gasteiger partial charge in [0.15, 0.2) is 0 Å². The van der Waals surface area contributed by atoms with Crippen LogP contribution in [0.15, 0.2) is 24.3 Å². The summed E-state index contributed by atoms with van der Waals surface area (Å²) in [4.78, 5) is 27.0. The van der Waals surface area contributed by atoms with E-state index in [9.17, 15) is 9.59 Å². The Hall–Kier alpha value is -1.88. The third-order valence-electron chi connectivity index (χ3n) is 6.31. The lowest BCUT2D eigenvalue weighted by atomic mass is 9.77. The summed E-state index contributed by atoms with van der Waals surface area (Å²) in [6, 6.07) is 7.78. The Morgan fingerprint density at radius 2 is 1.77 bits per heavy atom. The molecule has 1 atom stereocenters. The molecule has 0 saturated heterocycles. The highest BCUT2D eigenvalue weighted by molar-refractivity contribution is 5.93. The lowest BCUT2D eigenvalue weighted by molar-refractivity contribution is -0.136. The van der Waals surface area contributed by atoms with Crippen LogP contribution >= 0.6 is 0 Å². The van der Waals surface area contributed by atoms with Gasteiger partial charge in [-0.2, -0.15) is 0 Å². The number of nitrogens with one attached hydrogen (secondary N) is 1. The van der Waals surface area contributed by atoms with Crippen LogP contribution in [0.2, 0.25) is 0 Å². The number of nitrogens with zero attached hydrogens (tertiary/aromatic N) is 1. The Balaban J connectivity index is 1.49. The maximum atomic E-state index is 12.6. The summed E-state index contributed by atoms with van der Waals surface area (Å²) in [6.07, 6.45) is 6.70. The van der Waals surface area contributed by atoms with Crippen molar-refractivity contribution in [2.45, 2.75) is 64.0 Å². The molecular weight excluding hydrogens is 326 g/mol. The average molecular weight is 357 g/mol. The second-order valence-electron chi connectivity index (χ2n) is 7.98. The minimum Gasteiger partial charge on any atom is -0.341 e. The zero-order chi connectivity index (χ0) is 18.7. The maximum Gasteiger partial charge on any atom is 0.239 e. The molecular formula is C21H31N3O2. The first kappa shape index (κ1) is 18.9. The van der Waals surface area contributed by atoms with E-state index in [1.807, 2.05) is 43.1 Å². The van der Waals surface area contributed by atoms with Gasteiger partial charge in [0, 0.05) is 24.7 Å². The molecule has 2 aliphatic rings. The number of carbonyl (C=O) groups is 2. The molecule has 142 valence electrons. The van der Waals surface area contributed by atoms with E-state index in [0.29, 0.717) is 6.04 Å². The van der Waals surface area contributed by atoms with Crippen molar-refractivity contribution in [2.24, 2.45) is 17.6 Å². The Bertz CT molecular complexity index is 648. The second kappa shape index (κ2) is 8.21. The first-order chi connectivity index (χ1) is 12.5. The number of hydrogen-bond acceptors (Lipinski definition) is 3. The van der Waals surface area contributed by atoms with Gasteiger partial charge in [0.1, 0.15) is 0 Å². The molecule has 0 radical (unpaired) electrons. The number of para-hydroxylation sites is 1. The molecule has 2 saturated carbocycles. The van der Waals surface area contributed by atoms with Gasteiger partial charge in [0.25, 0.3) is 0 Å². The third-order valence-corrected chi connectivity index (χ3v) is 6.31. The van der Waals surface area contributed by atoms with Crippen molar-refractivity contribution < 1.29 is 9.59 Å². The van der Waals surface area contributed by atoms with Crippen molar-refractivity contribution in [2.75, 3.05) is 12.4 Å². The van der Waals surface area contributed by atoms with E-state index in [2.05, 4.69) is 5.32 Å². The molecule has 5 nitrogen and oxygen atoms in total. The summed E-state index contributed by atoms with van der Waals surface area (Å²) < 4.78 is 0. The van der Waals surface area contributed by atoms with Gasteiger partial charge in [0.05, 0.1) is 6.04 Å². The lowest BCUT2D eigenvalue weighted by Crippen LogP contribution is -2.52. The van der Waals surface area contributed by atoms with Crippen LogP contribution in [-0.4, -0.2) is 35.8 Å². The number of anilines is 1. The molecule has 26 heavy (non-hydrogen) atoms. The topological polar surface area (TPSA) is 75.4 Å². The van der Waals surface area contributed by atoms with Crippen LogP contribution in [0, 0.1) is 18.8 Å². The van der Waals surface area contributed by atoms with Crippen LogP contribution < -0.4 is 11.1 Å². The number of amides is 2. The highest BCUT2D eigenvalue weighted by atomic mass is 16.2. The van der Waals surface area contributed by atoms with Crippen LogP contribution in [0.5, 0.6) is 0 Å². The number of benzene rings is 1.